The van der Waals surface area contributed by atoms with E-state index >= 15 is 0 Å². The molecule has 0 fully saturated rings. The van der Waals surface area contributed by atoms with Crippen LogP contribution in [-0.4, -0.2) is 36.8 Å². The van der Waals surface area contributed by atoms with Crippen LogP contribution in [0.1, 0.15) is 41.0 Å². The zero-order valence-corrected chi connectivity index (χ0v) is 17.8. The first-order valence-corrected chi connectivity index (χ1v) is 10.2. The predicted octanol–water partition coefficient (Wildman–Crippen LogP) is 3.95. The summed E-state index contributed by atoms with van der Waals surface area (Å²) in [4.78, 5) is 24.3. The number of carbonyl (C=O) groups excluding carboxylic acids is 1. The first-order chi connectivity index (χ1) is 14.2. The van der Waals surface area contributed by atoms with Crippen LogP contribution in [0.25, 0.3) is 0 Å². The summed E-state index contributed by atoms with van der Waals surface area (Å²) in [5.74, 6) is -1.37. The molecule has 0 bridgehead atoms. The number of thioether (sulfide) groups is 1. The fraction of sp³-hybridized carbons (Fsp3) is 0.273. The van der Waals surface area contributed by atoms with Crippen LogP contribution in [0.15, 0.2) is 59.6 Å². The molecule has 0 unspecified atom stereocenters. The molecule has 156 valence electrons. The van der Waals surface area contributed by atoms with Crippen molar-refractivity contribution < 1.29 is 19.4 Å². The maximum atomic E-state index is 12.3. The normalized spacial score (nSPS) is 11.3. The Bertz CT molecular complexity index is 1030. The molecule has 0 aliphatic heterocycles. The number of hydrogen-bond donors (Lipinski definition) is 1. The van der Waals surface area contributed by atoms with Crippen LogP contribution in [-0.2, 0) is 22.7 Å². The average molecular weight is 426 g/mol. The summed E-state index contributed by atoms with van der Waals surface area (Å²) in [5, 5.41) is 17.3. The molecule has 2 aromatic carbocycles. The molecule has 0 spiro atoms. The molecule has 0 aliphatic carbocycles. The summed E-state index contributed by atoms with van der Waals surface area (Å²) in [5.41, 5.74) is 3.26. The number of aromatic nitrogens is 3. The zero-order chi connectivity index (χ0) is 21.7. The quantitative estimate of drug-likeness (QED) is 0.431. The van der Waals surface area contributed by atoms with Crippen LogP contribution in [0, 0.1) is 6.92 Å². The number of esters is 1. The van der Waals surface area contributed by atoms with Crippen molar-refractivity contribution in [2.24, 2.45) is 0 Å². The Morgan fingerprint density at radius 2 is 1.77 bits per heavy atom. The summed E-state index contributed by atoms with van der Waals surface area (Å²) in [7, 11) is 0. The van der Waals surface area contributed by atoms with Crippen molar-refractivity contribution in [3.63, 3.8) is 0 Å². The van der Waals surface area contributed by atoms with Crippen molar-refractivity contribution in [1.82, 2.24) is 15.0 Å². The van der Waals surface area contributed by atoms with Crippen LogP contribution >= 0.6 is 11.8 Å². The highest BCUT2D eigenvalue weighted by atomic mass is 32.2. The Labute approximate surface area is 179 Å². The van der Waals surface area contributed by atoms with E-state index in [0.29, 0.717) is 17.8 Å². The molecule has 0 amide bonds. The minimum Gasteiger partial charge on any atom is -0.480 e. The number of carboxylic acids is 1. The van der Waals surface area contributed by atoms with Crippen LogP contribution in [0.4, 0.5) is 0 Å². The number of rotatable bonds is 8. The molecule has 30 heavy (non-hydrogen) atoms. The summed E-state index contributed by atoms with van der Waals surface area (Å²) in [6.07, 6.45) is 1.75. The van der Waals surface area contributed by atoms with Gasteiger partial charge in [0.25, 0.3) is 0 Å². The molecule has 0 saturated heterocycles. The van der Waals surface area contributed by atoms with E-state index in [4.69, 9.17) is 4.74 Å². The van der Waals surface area contributed by atoms with Gasteiger partial charge in [-0.05, 0) is 50.6 Å². The summed E-state index contributed by atoms with van der Waals surface area (Å²) in [6.45, 7) is 5.92. The number of aliphatic carboxylic acids is 1. The topological polar surface area (TPSA) is 94.3 Å². The average Bonchev–Trinajstić information content (AvgIpc) is 3.15. The smallest absolute Gasteiger partial charge is 0.338 e. The van der Waals surface area contributed by atoms with Crippen molar-refractivity contribution in [1.29, 1.82) is 0 Å². The highest BCUT2D eigenvalue weighted by Gasteiger charge is 2.28. The Hall–Kier alpha value is -3.13. The minimum atomic E-state index is -0.952. The fourth-order valence-corrected chi connectivity index (χ4v) is 3.53. The molecule has 8 heteroatoms. The van der Waals surface area contributed by atoms with E-state index < -0.39 is 16.7 Å². The first kappa shape index (κ1) is 21.6. The standard InChI is InChI=1S/C22H23N3O4S/c1-15-4-6-16(7-5-15)12-25-13-18(23-24-25)14-29-20(26)17-8-10-19(11-9-17)30-22(2,3)21(27)28/h4-11,13H,12,14H2,1-3H3,(H,27,28). The van der Waals surface area contributed by atoms with Crippen LogP contribution in [0.5, 0.6) is 0 Å². The lowest BCUT2D eigenvalue weighted by Gasteiger charge is -2.18. The molecule has 0 aliphatic rings. The number of carboxylic acid groups (broad SMARTS) is 1. The van der Waals surface area contributed by atoms with Gasteiger partial charge in [-0.25, -0.2) is 9.48 Å². The molecule has 1 N–H and O–H groups in total. The lowest BCUT2D eigenvalue weighted by Crippen LogP contribution is -2.26. The molecule has 3 aromatic rings. The maximum absolute atomic E-state index is 12.3. The lowest BCUT2D eigenvalue weighted by molar-refractivity contribution is -0.138. The number of nitrogens with zero attached hydrogens (tertiary/aromatic N) is 3. The summed E-state index contributed by atoms with van der Waals surface area (Å²) < 4.78 is 6.06. The minimum absolute atomic E-state index is 0.0231. The van der Waals surface area contributed by atoms with Gasteiger partial charge in [0, 0.05) is 4.90 Å². The Morgan fingerprint density at radius 3 is 2.40 bits per heavy atom. The molecule has 1 aromatic heterocycles. The Balaban J connectivity index is 1.53. The Morgan fingerprint density at radius 1 is 1.10 bits per heavy atom. The Kier molecular flexibility index (Phi) is 6.56. The number of hydrogen-bond acceptors (Lipinski definition) is 6. The van der Waals surface area contributed by atoms with Gasteiger partial charge in [-0.15, -0.1) is 16.9 Å². The lowest BCUT2D eigenvalue weighted by atomic mass is 10.1. The molecule has 3 rings (SSSR count). The van der Waals surface area contributed by atoms with Crippen molar-refractivity contribution in [2.45, 2.75) is 43.6 Å². The molecule has 1 heterocycles. The van der Waals surface area contributed by atoms with E-state index in [2.05, 4.69) is 10.3 Å². The highest BCUT2D eigenvalue weighted by molar-refractivity contribution is 8.01. The van der Waals surface area contributed by atoms with Crippen molar-refractivity contribution >= 4 is 23.7 Å². The fourth-order valence-electron chi connectivity index (χ4n) is 2.58. The third kappa shape index (κ3) is 5.70. The monoisotopic (exact) mass is 425 g/mol. The second-order valence-electron chi connectivity index (χ2n) is 7.41. The maximum Gasteiger partial charge on any atom is 0.338 e. The van der Waals surface area contributed by atoms with E-state index in [1.54, 1.807) is 49.0 Å². The third-order valence-electron chi connectivity index (χ3n) is 4.38. The predicted molar refractivity (Wildman–Crippen MR) is 113 cm³/mol. The number of benzene rings is 2. The van der Waals surface area contributed by atoms with Crippen LogP contribution < -0.4 is 0 Å². The van der Waals surface area contributed by atoms with Gasteiger partial charge < -0.3 is 9.84 Å². The summed E-state index contributed by atoms with van der Waals surface area (Å²) >= 11 is 1.22. The largest absolute Gasteiger partial charge is 0.480 e. The highest BCUT2D eigenvalue weighted by Crippen LogP contribution is 2.32. The van der Waals surface area contributed by atoms with Gasteiger partial charge in [0.1, 0.15) is 17.0 Å². The van der Waals surface area contributed by atoms with Gasteiger partial charge in [0.05, 0.1) is 18.3 Å². The van der Waals surface area contributed by atoms with E-state index in [1.165, 1.54) is 17.3 Å². The molecule has 0 saturated carbocycles. The van der Waals surface area contributed by atoms with Gasteiger partial charge in [0.2, 0.25) is 0 Å². The van der Waals surface area contributed by atoms with E-state index in [0.717, 1.165) is 10.5 Å². The van der Waals surface area contributed by atoms with Crippen LogP contribution in [0.2, 0.25) is 0 Å². The number of carbonyl (C=O) groups is 2. The van der Waals surface area contributed by atoms with Crippen molar-refractivity contribution in [2.75, 3.05) is 0 Å². The summed E-state index contributed by atoms with van der Waals surface area (Å²) in [6, 6.07) is 14.8. The van der Waals surface area contributed by atoms with E-state index in [9.17, 15) is 14.7 Å². The second kappa shape index (κ2) is 9.13. The van der Waals surface area contributed by atoms with Crippen molar-refractivity contribution in [3.8, 4) is 0 Å². The SMILES string of the molecule is Cc1ccc(Cn2cc(COC(=O)c3ccc(SC(C)(C)C(=O)O)cc3)nn2)cc1. The molecule has 0 atom stereocenters. The van der Waals surface area contributed by atoms with E-state index in [1.807, 2.05) is 31.2 Å². The molecule has 7 nitrogen and oxygen atoms in total. The third-order valence-corrected chi connectivity index (χ3v) is 5.57. The van der Waals surface area contributed by atoms with E-state index in [-0.39, 0.29) is 6.61 Å². The van der Waals surface area contributed by atoms with Gasteiger partial charge in [0.15, 0.2) is 0 Å². The van der Waals surface area contributed by atoms with Crippen molar-refractivity contribution in [3.05, 3.63) is 77.1 Å². The van der Waals surface area contributed by atoms with Gasteiger partial charge in [-0.3, -0.25) is 4.79 Å². The zero-order valence-electron chi connectivity index (χ0n) is 17.0. The van der Waals surface area contributed by atoms with Crippen LogP contribution in [0.3, 0.4) is 0 Å². The number of aryl methyl sites for hydroxylation is 1. The van der Waals surface area contributed by atoms with Gasteiger partial charge >= 0.3 is 11.9 Å². The first-order valence-electron chi connectivity index (χ1n) is 9.37. The van der Waals surface area contributed by atoms with Gasteiger partial charge in [-0.1, -0.05) is 35.0 Å². The molecular formula is C22H23N3O4S. The number of ether oxygens (including phenoxy) is 1. The second-order valence-corrected chi connectivity index (χ2v) is 9.11. The van der Waals surface area contributed by atoms with Gasteiger partial charge in [-0.2, -0.15) is 0 Å². The molecular weight excluding hydrogens is 402 g/mol. The molecule has 0 radical (unpaired) electrons.